The molecule has 0 fully saturated rings. The SMILES string of the molecule is O=C(NCC(O)CO)[C@@H]1Cc2ccccc2N1. The Labute approximate surface area is 99.5 Å². The summed E-state index contributed by atoms with van der Waals surface area (Å²) in [5.74, 6) is -0.159. The van der Waals surface area contributed by atoms with Gasteiger partial charge in [0, 0.05) is 18.7 Å². The lowest BCUT2D eigenvalue weighted by atomic mass is 10.1. The van der Waals surface area contributed by atoms with Gasteiger partial charge in [0.1, 0.15) is 6.04 Å². The normalized spacial score (nSPS) is 19.3. The molecule has 0 bridgehead atoms. The van der Waals surface area contributed by atoms with Gasteiger partial charge in [-0.2, -0.15) is 0 Å². The molecule has 17 heavy (non-hydrogen) atoms. The highest BCUT2D eigenvalue weighted by Crippen LogP contribution is 2.24. The minimum absolute atomic E-state index is 0.0733. The van der Waals surface area contributed by atoms with Crippen LogP contribution in [0.4, 0.5) is 5.69 Å². The number of rotatable bonds is 4. The number of amides is 1. The molecule has 2 atom stereocenters. The summed E-state index contributed by atoms with van der Waals surface area (Å²) in [5, 5.41) is 23.5. The topological polar surface area (TPSA) is 81.6 Å². The fraction of sp³-hybridized carbons (Fsp3) is 0.417. The third-order valence-corrected chi connectivity index (χ3v) is 2.81. The van der Waals surface area contributed by atoms with Gasteiger partial charge in [-0.15, -0.1) is 0 Å². The van der Waals surface area contributed by atoms with E-state index in [9.17, 15) is 4.79 Å². The number of aliphatic hydroxyl groups excluding tert-OH is 2. The zero-order valence-corrected chi connectivity index (χ0v) is 9.39. The van der Waals surface area contributed by atoms with Gasteiger partial charge in [-0.1, -0.05) is 18.2 Å². The molecule has 0 radical (unpaired) electrons. The number of hydrogen-bond acceptors (Lipinski definition) is 4. The number of carbonyl (C=O) groups excluding carboxylic acids is 1. The van der Waals surface area contributed by atoms with Crippen LogP contribution in [0.2, 0.25) is 0 Å². The van der Waals surface area contributed by atoms with Crippen molar-refractivity contribution in [1.82, 2.24) is 5.32 Å². The minimum atomic E-state index is -0.900. The molecule has 0 saturated carbocycles. The summed E-state index contributed by atoms with van der Waals surface area (Å²) in [4.78, 5) is 11.8. The summed E-state index contributed by atoms with van der Waals surface area (Å²) >= 11 is 0. The molecule has 4 N–H and O–H groups in total. The van der Waals surface area contributed by atoms with Gasteiger partial charge < -0.3 is 20.8 Å². The average Bonchev–Trinajstić information content (AvgIpc) is 2.79. The van der Waals surface area contributed by atoms with Crippen molar-refractivity contribution in [3.05, 3.63) is 29.8 Å². The number of nitrogens with one attached hydrogen (secondary N) is 2. The van der Waals surface area contributed by atoms with Gasteiger partial charge >= 0.3 is 0 Å². The van der Waals surface area contributed by atoms with E-state index in [0.29, 0.717) is 6.42 Å². The number of benzene rings is 1. The summed E-state index contributed by atoms with van der Waals surface area (Å²) in [7, 11) is 0. The highest BCUT2D eigenvalue weighted by Gasteiger charge is 2.26. The standard InChI is InChI=1S/C12H16N2O3/c15-7-9(16)6-13-12(17)11-5-8-3-1-2-4-10(8)14-11/h1-4,9,11,14-16H,5-7H2,(H,13,17)/t9?,11-/m0/s1. The van der Waals surface area contributed by atoms with Crippen molar-refractivity contribution in [1.29, 1.82) is 0 Å². The smallest absolute Gasteiger partial charge is 0.242 e. The zero-order chi connectivity index (χ0) is 12.3. The monoisotopic (exact) mass is 236 g/mol. The lowest BCUT2D eigenvalue weighted by Gasteiger charge is -2.13. The maximum absolute atomic E-state index is 11.8. The summed E-state index contributed by atoms with van der Waals surface area (Å²) in [6, 6.07) is 7.49. The maximum Gasteiger partial charge on any atom is 0.242 e. The number of hydrogen-bond donors (Lipinski definition) is 4. The lowest BCUT2D eigenvalue weighted by Crippen LogP contribution is -2.42. The molecule has 5 nitrogen and oxygen atoms in total. The molecule has 1 aliphatic rings. The van der Waals surface area contributed by atoms with Crippen LogP contribution in [0.25, 0.3) is 0 Å². The molecule has 92 valence electrons. The number of anilines is 1. The van der Waals surface area contributed by atoms with Crippen LogP contribution in [-0.2, 0) is 11.2 Å². The lowest BCUT2D eigenvalue weighted by molar-refractivity contribution is -0.122. The van der Waals surface area contributed by atoms with E-state index >= 15 is 0 Å². The Morgan fingerprint density at radius 3 is 3.00 bits per heavy atom. The van der Waals surface area contributed by atoms with E-state index in [4.69, 9.17) is 10.2 Å². The first-order valence-electron chi connectivity index (χ1n) is 5.62. The van der Waals surface area contributed by atoms with Crippen molar-refractivity contribution >= 4 is 11.6 Å². The number of para-hydroxylation sites is 1. The van der Waals surface area contributed by atoms with E-state index in [1.54, 1.807) is 0 Å². The highest BCUT2D eigenvalue weighted by atomic mass is 16.3. The van der Waals surface area contributed by atoms with E-state index < -0.39 is 6.10 Å². The highest BCUT2D eigenvalue weighted by molar-refractivity contribution is 5.87. The second kappa shape index (κ2) is 5.16. The molecule has 0 spiro atoms. The molecule has 0 aromatic heterocycles. The molecule has 1 aliphatic heterocycles. The summed E-state index contributed by atoms with van der Waals surface area (Å²) < 4.78 is 0. The third-order valence-electron chi connectivity index (χ3n) is 2.81. The van der Waals surface area contributed by atoms with Gasteiger partial charge in [0.25, 0.3) is 0 Å². The van der Waals surface area contributed by atoms with Gasteiger partial charge in [0.15, 0.2) is 0 Å². The van der Waals surface area contributed by atoms with Gasteiger partial charge in [-0.05, 0) is 11.6 Å². The summed E-state index contributed by atoms with van der Waals surface area (Å²) in [5.41, 5.74) is 2.10. The van der Waals surface area contributed by atoms with Crippen LogP contribution >= 0.6 is 0 Å². The fourth-order valence-electron chi connectivity index (χ4n) is 1.86. The van der Waals surface area contributed by atoms with Gasteiger partial charge in [0.05, 0.1) is 12.7 Å². The van der Waals surface area contributed by atoms with Crippen molar-refractivity contribution in [3.8, 4) is 0 Å². The number of aliphatic hydroxyl groups is 2. The third kappa shape index (κ3) is 2.75. The van der Waals surface area contributed by atoms with Crippen LogP contribution < -0.4 is 10.6 Å². The van der Waals surface area contributed by atoms with Gasteiger partial charge in [-0.25, -0.2) is 0 Å². The Bertz CT molecular complexity index is 383. The molecule has 1 heterocycles. The number of carbonyl (C=O) groups is 1. The van der Waals surface area contributed by atoms with Crippen molar-refractivity contribution in [2.45, 2.75) is 18.6 Å². The van der Waals surface area contributed by atoms with Crippen LogP contribution in [-0.4, -0.2) is 41.4 Å². The first-order valence-corrected chi connectivity index (χ1v) is 5.62. The van der Waals surface area contributed by atoms with Crippen molar-refractivity contribution < 1.29 is 15.0 Å². The van der Waals surface area contributed by atoms with Crippen molar-refractivity contribution in [3.63, 3.8) is 0 Å². The Morgan fingerprint density at radius 1 is 1.53 bits per heavy atom. The zero-order valence-electron chi connectivity index (χ0n) is 9.39. The first kappa shape index (κ1) is 11.9. The second-order valence-electron chi connectivity index (χ2n) is 4.14. The molecule has 1 aromatic rings. The van der Waals surface area contributed by atoms with Crippen LogP contribution in [0.1, 0.15) is 5.56 Å². The molecule has 2 rings (SSSR count). The molecule has 0 aliphatic carbocycles. The predicted molar refractivity (Wildman–Crippen MR) is 63.7 cm³/mol. The van der Waals surface area contributed by atoms with E-state index in [1.807, 2.05) is 24.3 Å². The molecule has 1 amide bonds. The summed E-state index contributed by atoms with van der Waals surface area (Å²) in [6.45, 7) is -0.275. The van der Waals surface area contributed by atoms with Gasteiger partial charge in [0.2, 0.25) is 5.91 Å². The average molecular weight is 236 g/mol. The Hall–Kier alpha value is -1.59. The van der Waals surface area contributed by atoms with E-state index in [0.717, 1.165) is 11.3 Å². The van der Waals surface area contributed by atoms with Crippen LogP contribution in [0.5, 0.6) is 0 Å². The number of fused-ring (bicyclic) bond motifs is 1. The molecular weight excluding hydrogens is 220 g/mol. The van der Waals surface area contributed by atoms with E-state index in [1.165, 1.54) is 0 Å². The summed E-state index contributed by atoms with van der Waals surface area (Å²) in [6.07, 6.45) is -0.250. The second-order valence-corrected chi connectivity index (χ2v) is 4.14. The van der Waals surface area contributed by atoms with Crippen molar-refractivity contribution in [2.75, 3.05) is 18.5 Å². The van der Waals surface area contributed by atoms with E-state index in [-0.39, 0.29) is 25.1 Å². The predicted octanol–water partition coefficient (Wildman–Crippen LogP) is -0.507. The maximum atomic E-state index is 11.8. The van der Waals surface area contributed by atoms with Crippen LogP contribution in [0.3, 0.4) is 0 Å². The Morgan fingerprint density at radius 2 is 2.29 bits per heavy atom. The van der Waals surface area contributed by atoms with Crippen LogP contribution in [0, 0.1) is 0 Å². The minimum Gasteiger partial charge on any atom is -0.394 e. The molecular formula is C12H16N2O3. The largest absolute Gasteiger partial charge is 0.394 e. The molecule has 1 aromatic carbocycles. The molecule has 5 heteroatoms. The van der Waals surface area contributed by atoms with E-state index in [2.05, 4.69) is 10.6 Å². The molecule has 1 unspecified atom stereocenters. The quantitative estimate of drug-likeness (QED) is 0.567. The molecule has 0 saturated heterocycles. The Balaban J connectivity index is 1.88. The van der Waals surface area contributed by atoms with Gasteiger partial charge in [-0.3, -0.25) is 4.79 Å². The Kier molecular flexibility index (Phi) is 3.61. The first-order chi connectivity index (χ1) is 8.20. The van der Waals surface area contributed by atoms with Crippen molar-refractivity contribution in [2.24, 2.45) is 0 Å². The fourth-order valence-corrected chi connectivity index (χ4v) is 1.86. The van der Waals surface area contributed by atoms with Crippen LogP contribution in [0.15, 0.2) is 24.3 Å².